The highest BCUT2D eigenvalue weighted by Crippen LogP contribution is 2.37. The van der Waals surface area contributed by atoms with Crippen molar-refractivity contribution in [3.63, 3.8) is 0 Å². The minimum Gasteiger partial charge on any atom is -0.311 e. The molecule has 0 N–H and O–H groups in total. The molecule has 0 aliphatic heterocycles. The Labute approximate surface area is 250 Å². The van der Waals surface area contributed by atoms with Crippen molar-refractivity contribution < 1.29 is 0 Å². The average molecular weight is 543 g/mol. The third-order valence-corrected chi connectivity index (χ3v) is 7.58. The number of nitrogens with zero attached hydrogens (tertiary/aromatic N) is 2. The fourth-order valence-electron chi connectivity index (χ4n) is 5.14. The number of rotatable bonds is 7. The molecule has 0 bridgehead atoms. The summed E-state index contributed by atoms with van der Waals surface area (Å²) in [6.45, 7) is 8.40. The first-order valence-corrected chi connectivity index (χ1v) is 14.4. The maximum atomic E-state index is 3.34. The number of benzene rings is 5. The molecule has 0 heterocycles. The first-order chi connectivity index (χ1) is 20.4. The first kappa shape index (κ1) is 26.9. The minimum atomic E-state index is 0.967. The van der Waals surface area contributed by atoms with Gasteiger partial charge in [-0.15, -0.1) is 0 Å². The van der Waals surface area contributed by atoms with Crippen LogP contribution < -0.4 is 9.80 Å². The van der Waals surface area contributed by atoms with Crippen LogP contribution in [-0.4, -0.2) is 0 Å². The maximum Gasteiger partial charge on any atom is 0.0973 e. The van der Waals surface area contributed by atoms with E-state index in [1.54, 1.807) is 0 Å². The van der Waals surface area contributed by atoms with Gasteiger partial charge in [0.25, 0.3) is 0 Å². The number of aryl methyl sites for hydroxylation is 4. The summed E-state index contributed by atoms with van der Waals surface area (Å²) in [4.78, 5) is 4.53. The lowest BCUT2D eigenvalue weighted by molar-refractivity contribution is 1.27. The van der Waals surface area contributed by atoms with E-state index in [9.17, 15) is 0 Å². The highest BCUT2D eigenvalue weighted by Gasteiger charge is 2.14. The molecule has 0 amide bonds. The Hall–Kier alpha value is -5.26. The van der Waals surface area contributed by atoms with Crippen molar-refractivity contribution in [3.05, 3.63) is 168 Å². The zero-order valence-electron chi connectivity index (χ0n) is 24.6. The van der Waals surface area contributed by atoms with Crippen LogP contribution in [0.25, 0.3) is 11.1 Å². The van der Waals surface area contributed by atoms with Gasteiger partial charge in [0, 0.05) is 28.4 Å². The van der Waals surface area contributed by atoms with Gasteiger partial charge in [-0.25, -0.2) is 0 Å². The monoisotopic (exact) mass is 542 g/mol. The molecule has 0 aromatic heterocycles. The highest BCUT2D eigenvalue weighted by molar-refractivity contribution is 5.80. The number of hydrogen-bond acceptors (Lipinski definition) is 2. The normalized spacial score (nSPS) is 10.7. The molecule has 0 fully saturated rings. The Kier molecular flexibility index (Phi) is 7.50. The summed E-state index contributed by atoms with van der Waals surface area (Å²) in [6.07, 6.45) is 0. The molecular weight excluding hydrogens is 508 g/mol. The van der Waals surface area contributed by atoms with Gasteiger partial charge < -0.3 is 9.80 Å². The Balaban J connectivity index is 1.31. The van der Waals surface area contributed by atoms with Crippen molar-refractivity contribution in [2.75, 3.05) is 9.80 Å². The van der Waals surface area contributed by atoms with Crippen LogP contribution >= 0.6 is 0 Å². The van der Waals surface area contributed by atoms with Gasteiger partial charge in [-0.3, -0.25) is 0 Å². The molecule has 0 atom stereocenters. The molecule has 0 saturated carbocycles. The molecule has 6 rings (SSSR count). The molecule has 0 radical (unpaired) electrons. The zero-order valence-corrected chi connectivity index (χ0v) is 24.6. The van der Waals surface area contributed by atoms with Crippen LogP contribution in [-0.2, 0) is 0 Å². The Bertz CT molecular complexity index is 1520. The van der Waals surface area contributed by atoms with Crippen LogP contribution in [0.15, 0.2) is 133 Å². The molecule has 6 aromatic rings. The largest absolute Gasteiger partial charge is 0.311 e. The van der Waals surface area contributed by atoms with E-state index in [2.05, 4.69) is 176 Å². The quantitative estimate of drug-likeness (QED) is 0.198. The van der Waals surface area contributed by atoms with Crippen molar-refractivity contribution in [1.29, 1.82) is 0 Å². The summed E-state index contributed by atoms with van der Waals surface area (Å²) in [5, 5.41) is 0. The van der Waals surface area contributed by atoms with E-state index in [1.165, 1.54) is 27.8 Å². The molecule has 42 heavy (non-hydrogen) atoms. The molecule has 0 spiro atoms. The SMILES string of the molecule is Cc1c#cc(N(c2ccc(C)cc2)c2ccc(-c3ccc(N(c4ccc(C)cc4)c4ccc(C)cc4)cc3)cc2)cc1. The summed E-state index contributed by atoms with van der Waals surface area (Å²) < 4.78 is 0. The van der Waals surface area contributed by atoms with Crippen LogP contribution in [0.4, 0.5) is 34.1 Å². The molecule has 0 saturated heterocycles. The van der Waals surface area contributed by atoms with Gasteiger partial charge in [-0.2, -0.15) is 0 Å². The Morgan fingerprint density at radius 3 is 1.00 bits per heavy atom. The Morgan fingerprint density at radius 1 is 0.333 bits per heavy atom. The van der Waals surface area contributed by atoms with E-state index in [0.29, 0.717) is 0 Å². The lowest BCUT2D eigenvalue weighted by Gasteiger charge is -2.26. The maximum absolute atomic E-state index is 3.34. The fourth-order valence-corrected chi connectivity index (χ4v) is 5.14. The fraction of sp³-hybridized carbons (Fsp3) is 0.100. The van der Waals surface area contributed by atoms with E-state index in [4.69, 9.17) is 0 Å². The van der Waals surface area contributed by atoms with Crippen LogP contribution in [0, 0.1) is 39.8 Å². The van der Waals surface area contributed by atoms with Crippen molar-refractivity contribution in [1.82, 2.24) is 0 Å². The van der Waals surface area contributed by atoms with Gasteiger partial charge in [-0.1, -0.05) is 83.4 Å². The summed E-state index contributed by atoms with van der Waals surface area (Å²) in [5.41, 5.74) is 13.7. The van der Waals surface area contributed by atoms with Crippen molar-refractivity contribution in [3.8, 4) is 11.1 Å². The topological polar surface area (TPSA) is 6.48 Å². The lowest BCUT2D eigenvalue weighted by atomic mass is 10.0. The second-order valence-corrected chi connectivity index (χ2v) is 10.9. The summed E-state index contributed by atoms with van der Waals surface area (Å²) >= 11 is 0. The van der Waals surface area contributed by atoms with Gasteiger partial charge in [0.15, 0.2) is 0 Å². The molecule has 0 unspecified atom stereocenters. The smallest absolute Gasteiger partial charge is 0.0973 e. The average Bonchev–Trinajstić information content (AvgIpc) is 3.02. The predicted molar refractivity (Wildman–Crippen MR) is 178 cm³/mol. The zero-order chi connectivity index (χ0) is 29.1. The predicted octanol–water partition coefficient (Wildman–Crippen LogP) is 11.1. The lowest BCUT2D eigenvalue weighted by Crippen LogP contribution is -2.10. The van der Waals surface area contributed by atoms with Crippen LogP contribution in [0.1, 0.15) is 22.3 Å². The van der Waals surface area contributed by atoms with E-state index >= 15 is 0 Å². The molecular formula is C40H34N2. The van der Waals surface area contributed by atoms with E-state index in [1.807, 2.05) is 6.92 Å². The van der Waals surface area contributed by atoms with Crippen molar-refractivity contribution in [2.24, 2.45) is 0 Å². The van der Waals surface area contributed by atoms with E-state index in [-0.39, 0.29) is 0 Å². The van der Waals surface area contributed by atoms with Gasteiger partial charge in [0.05, 0.1) is 5.69 Å². The standard InChI is InChI=1S/C40H34N2/c1-29-5-17-35(18-6-29)41(36-19-7-30(2)8-20-36)39-25-13-33(14-26-39)34-15-27-40(28-16-34)42(37-21-9-31(3)10-22-37)38-23-11-32(4)12-24-38/h5-11,13-23,25-28H,1-4H3. The number of hydrogen-bond donors (Lipinski definition) is 0. The first-order valence-electron chi connectivity index (χ1n) is 14.4. The number of anilines is 6. The third-order valence-electron chi connectivity index (χ3n) is 7.58. The molecule has 2 heteroatoms. The Morgan fingerprint density at radius 2 is 0.667 bits per heavy atom. The molecule has 2 nitrogen and oxygen atoms in total. The van der Waals surface area contributed by atoms with Gasteiger partial charge in [0.2, 0.25) is 0 Å². The van der Waals surface area contributed by atoms with E-state index in [0.717, 1.165) is 39.7 Å². The highest BCUT2D eigenvalue weighted by atomic mass is 15.1. The third kappa shape index (κ3) is 5.78. The van der Waals surface area contributed by atoms with Crippen LogP contribution in [0.3, 0.4) is 0 Å². The summed E-state index contributed by atoms with van der Waals surface area (Å²) in [7, 11) is 0. The van der Waals surface area contributed by atoms with Crippen molar-refractivity contribution >= 4 is 34.1 Å². The van der Waals surface area contributed by atoms with Gasteiger partial charge in [-0.05, 0) is 123 Å². The summed E-state index contributed by atoms with van der Waals surface area (Å²) in [6, 6.07) is 54.4. The van der Waals surface area contributed by atoms with Crippen LogP contribution in [0.2, 0.25) is 0 Å². The molecule has 204 valence electrons. The second kappa shape index (κ2) is 11.7. The molecule has 6 aromatic carbocycles. The molecule has 0 aliphatic rings. The molecule has 0 aliphatic carbocycles. The van der Waals surface area contributed by atoms with Gasteiger partial charge in [0.1, 0.15) is 0 Å². The van der Waals surface area contributed by atoms with Crippen LogP contribution in [0.5, 0.6) is 0 Å². The van der Waals surface area contributed by atoms with E-state index < -0.39 is 0 Å². The minimum absolute atomic E-state index is 0.967. The second-order valence-electron chi connectivity index (χ2n) is 10.9. The summed E-state index contributed by atoms with van der Waals surface area (Å²) in [5.74, 6) is 0. The van der Waals surface area contributed by atoms with Gasteiger partial charge >= 0.3 is 0 Å². The van der Waals surface area contributed by atoms with Crippen molar-refractivity contribution in [2.45, 2.75) is 27.7 Å².